The van der Waals surface area contributed by atoms with Crippen LogP contribution in [0, 0.1) is 22.7 Å². The van der Waals surface area contributed by atoms with Crippen LogP contribution >= 0.6 is 0 Å². The van der Waals surface area contributed by atoms with E-state index < -0.39 is 0 Å². The Bertz CT molecular complexity index is 3400. The van der Waals surface area contributed by atoms with Crippen LogP contribution in [0.25, 0.3) is 93.6 Å². The van der Waals surface area contributed by atoms with E-state index in [0.29, 0.717) is 11.1 Å². The molecule has 0 aliphatic heterocycles. The van der Waals surface area contributed by atoms with Crippen LogP contribution in [0.15, 0.2) is 176 Å². The van der Waals surface area contributed by atoms with Crippen molar-refractivity contribution in [3.05, 3.63) is 187 Å². The third-order valence-electron chi connectivity index (χ3n) is 11.1. The predicted molar refractivity (Wildman–Crippen MR) is 224 cm³/mol. The molecule has 254 valence electrons. The Morgan fingerprint density at radius 1 is 0.327 bits per heavy atom. The second kappa shape index (κ2) is 11.8. The summed E-state index contributed by atoms with van der Waals surface area (Å²) in [5.41, 5.74) is 12.8. The van der Waals surface area contributed by atoms with Crippen LogP contribution in [0.4, 0.5) is 0 Å². The molecule has 0 atom stereocenters. The summed E-state index contributed by atoms with van der Waals surface area (Å²) >= 11 is 0. The highest BCUT2D eigenvalue weighted by Crippen LogP contribution is 2.39. The summed E-state index contributed by atoms with van der Waals surface area (Å²) in [5, 5.41) is 27.1. The minimum absolute atomic E-state index is 0.612. The van der Waals surface area contributed by atoms with E-state index in [9.17, 15) is 10.5 Å². The van der Waals surface area contributed by atoms with Gasteiger partial charge in [-0.05, 0) is 90.5 Å². The number of nitriles is 2. The molecular formula is C50H29N5. The number of hydrogen-bond acceptors (Lipinski definition) is 2. The first-order chi connectivity index (χ1) is 27.2. The van der Waals surface area contributed by atoms with Gasteiger partial charge in [-0.2, -0.15) is 10.5 Å². The van der Waals surface area contributed by atoms with Gasteiger partial charge in [0, 0.05) is 54.9 Å². The van der Waals surface area contributed by atoms with Gasteiger partial charge in [0.05, 0.1) is 56.4 Å². The van der Waals surface area contributed by atoms with Crippen LogP contribution in [-0.4, -0.2) is 13.7 Å². The molecule has 0 aliphatic rings. The molecule has 0 saturated heterocycles. The largest absolute Gasteiger partial charge is 0.309 e. The zero-order chi connectivity index (χ0) is 36.6. The molecule has 0 amide bonds. The SMILES string of the molecule is N#Cc1ccc2c3ccccc3n(-c3ccc(-c4cc(-n5c6ccccc6c6cc(-n7c8ccccc8c8ccccc87)ccc65)ccc4C#N)cc3)c2c1. The molecule has 0 unspecified atom stereocenters. The quantitative estimate of drug-likeness (QED) is 0.184. The summed E-state index contributed by atoms with van der Waals surface area (Å²) in [4.78, 5) is 0. The fourth-order valence-corrected chi connectivity index (χ4v) is 8.69. The Hall–Kier alpha value is -7.86. The van der Waals surface area contributed by atoms with Crippen molar-refractivity contribution in [2.24, 2.45) is 0 Å². The molecule has 5 heteroatoms. The normalized spacial score (nSPS) is 11.6. The summed E-state index contributed by atoms with van der Waals surface area (Å²) < 4.78 is 6.88. The molecule has 0 spiro atoms. The van der Waals surface area contributed by atoms with E-state index in [4.69, 9.17) is 0 Å². The smallest absolute Gasteiger partial charge is 0.0998 e. The maximum atomic E-state index is 10.3. The lowest BCUT2D eigenvalue weighted by molar-refractivity contribution is 1.16. The number of para-hydroxylation sites is 4. The fraction of sp³-hybridized carbons (Fsp3) is 0. The van der Waals surface area contributed by atoms with E-state index in [1.54, 1.807) is 0 Å². The average molecular weight is 700 g/mol. The number of aromatic nitrogens is 3. The second-order valence-corrected chi connectivity index (χ2v) is 14.0. The van der Waals surface area contributed by atoms with Gasteiger partial charge in [0.15, 0.2) is 0 Å². The highest BCUT2D eigenvalue weighted by Gasteiger charge is 2.18. The lowest BCUT2D eigenvalue weighted by Crippen LogP contribution is -1.97. The maximum absolute atomic E-state index is 10.3. The third-order valence-corrected chi connectivity index (χ3v) is 11.1. The van der Waals surface area contributed by atoms with Crippen molar-refractivity contribution >= 4 is 65.4 Å². The molecule has 0 N–H and O–H groups in total. The zero-order valence-corrected chi connectivity index (χ0v) is 29.5. The molecule has 0 bridgehead atoms. The summed E-state index contributed by atoms with van der Waals surface area (Å²) in [6, 6.07) is 66.0. The molecule has 0 fully saturated rings. The topological polar surface area (TPSA) is 62.4 Å². The first-order valence-corrected chi connectivity index (χ1v) is 18.3. The number of nitrogens with zero attached hydrogens (tertiary/aromatic N) is 5. The average Bonchev–Trinajstić information content (AvgIpc) is 3.88. The molecule has 11 aromatic rings. The lowest BCUT2D eigenvalue weighted by Gasteiger charge is -2.13. The Kier molecular flexibility index (Phi) is 6.61. The minimum atomic E-state index is 0.612. The standard InChI is InChI=1S/C50H29N5/c51-30-32-17-25-42-40-11-3-5-13-45(40)53(50(42)27-32)35-21-18-33(19-22-35)43-28-36(23-20-34(43)31-52)55-48-16-8-4-12-41(48)44-29-37(24-26-49(44)55)54-46-14-6-1-9-38(46)39-10-2-7-15-47(39)54/h1-29H. The summed E-state index contributed by atoms with van der Waals surface area (Å²) in [7, 11) is 0. The Morgan fingerprint density at radius 2 is 0.782 bits per heavy atom. The number of rotatable bonds is 4. The molecule has 3 heterocycles. The molecule has 8 aromatic carbocycles. The highest BCUT2D eigenvalue weighted by atomic mass is 15.0. The zero-order valence-electron chi connectivity index (χ0n) is 29.5. The van der Waals surface area contributed by atoms with Crippen LogP contribution in [0.3, 0.4) is 0 Å². The van der Waals surface area contributed by atoms with Crippen LogP contribution in [0.1, 0.15) is 11.1 Å². The van der Waals surface area contributed by atoms with E-state index >= 15 is 0 Å². The van der Waals surface area contributed by atoms with Gasteiger partial charge in [0.25, 0.3) is 0 Å². The van der Waals surface area contributed by atoms with E-state index in [0.717, 1.165) is 66.4 Å². The minimum Gasteiger partial charge on any atom is -0.309 e. The number of hydrogen-bond donors (Lipinski definition) is 0. The Labute approximate surface area is 316 Å². The van der Waals surface area contributed by atoms with Crippen LogP contribution in [0.2, 0.25) is 0 Å². The monoisotopic (exact) mass is 699 g/mol. The van der Waals surface area contributed by atoms with Gasteiger partial charge in [-0.15, -0.1) is 0 Å². The molecule has 3 aromatic heterocycles. The predicted octanol–water partition coefficient (Wildman–Crippen LogP) is 12.4. The van der Waals surface area contributed by atoms with Gasteiger partial charge in [-0.25, -0.2) is 0 Å². The molecule has 0 saturated carbocycles. The van der Waals surface area contributed by atoms with E-state index in [1.807, 2.05) is 42.5 Å². The molecule has 5 nitrogen and oxygen atoms in total. The van der Waals surface area contributed by atoms with Gasteiger partial charge in [-0.1, -0.05) is 91.0 Å². The number of benzene rings is 8. The molecule has 0 radical (unpaired) electrons. The van der Waals surface area contributed by atoms with Crippen LogP contribution < -0.4 is 0 Å². The first kappa shape index (κ1) is 30.7. The Morgan fingerprint density at radius 3 is 1.35 bits per heavy atom. The van der Waals surface area contributed by atoms with Crippen molar-refractivity contribution in [1.29, 1.82) is 10.5 Å². The van der Waals surface area contributed by atoms with Crippen LogP contribution in [0.5, 0.6) is 0 Å². The molecule has 55 heavy (non-hydrogen) atoms. The fourth-order valence-electron chi connectivity index (χ4n) is 8.69. The Balaban J connectivity index is 1.06. The summed E-state index contributed by atoms with van der Waals surface area (Å²) in [6.45, 7) is 0. The molecule has 0 aliphatic carbocycles. The maximum Gasteiger partial charge on any atom is 0.0998 e. The summed E-state index contributed by atoms with van der Waals surface area (Å²) in [5.74, 6) is 0. The molecular weight excluding hydrogens is 671 g/mol. The van der Waals surface area contributed by atoms with Crippen molar-refractivity contribution in [1.82, 2.24) is 13.7 Å². The van der Waals surface area contributed by atoms with E-state index in [2.05, 4.69) is 159 Å². The van der Waals surface area contributed by atoms with Crippen LogP contribution in [-0.2, 0) is 0 Å². The van der Waals surface area contributed by atoms with Crippen molar-refractivity contribution in [2.45, 2.75) is 0 Å². The number of fused-ring (bicyclic) bond motifs is 9. The van der Waals surface area contributed by atoms with Crippen molar-refractivity contribution in [3.63, 3.8) is 0 Å². The van der Waals surface area contributed by atoms with Gasteiger partial charge in [0.2, 0.25) is 0 Å². The van der Waals surface area contributed by atoms with Gasteiger partial charge < -0.3 is 13.7 Å². The van der Waals surface area contributed by atoms with E-state index in [1.165, 1.54) is 27.2 Å². The van der Waals surface area contributed by atoms with Crippen molar-refractivity contribution < 1.29 is 0 Å². The first-order valence-electron chi connectivity index (χ1n) is 18.3. The van der Waals surface area contributed by atoms with E-state index in [-0.39, 0.29) is 0 Å². The van der Waals surface area contributed by atoms with Gasteiger partial charge >= 0.3 is 0 Å². The lowest BCUT2D eigenvalue weighted by atomic mass is 9.99. The van der Waals surface area contributed by atoms with Gasteiger partial charge in [-0.3, -0.25) is 0 Å². The summed E-state index contributed by atoms with van der Waals surface area (Å²) in [6.07, 6.45) is 0. The van der Waals surface area contributed by atoms with Crippen molar-refractivity contribution in [2.75, 3.05) is 0 Å². The van der Waals surface area contributed by atoms with Crippen molar-refractivity contribution in [3.8, 4) is 40.3 Å². The third kappa shape index (κ3) is 4.51. The highest BCUT2D eigenvalue weighted by molar-refractivity contribution is 6.13. The molecule has 11 rings (SSSR count). The van der Waals surface area contributed by atoms with Gasteiger partial charge in [0.1, 0.15) is 0 Å². The second-order valence-electron chi connectivity index (χ2n) is 14.0.